The second-order valence-electron chi connectivity index (χ2n) is 6.32. The molecule has 0 spiro atoms. The Labute approximate surface area is 151 Å². The number of hydrogen-bond donors (Lipinski definition) is 1. The molecule has 2 aromatic carbocycles. The van der Waals surface area contributed by atoms with Crippen LogP contribution in [0.2, 0.25) is 0 Å². The molecule has 0 saturated heterocycles. The molecule has 136 valence electrons. The van der Waals surface area contributed by atoms with Gasteiger partial charge < -0.3 is 14.6 Å². The van der Waals surface area contributed by atoms with Gasteiger partial charge in [-0.25, -0.2) is 0 Å². The maximum absolute atomic E-state index is 10.4. The summed E-state index contributed by atoms with van der Waals surface area (Å²) in [5.41, 5.74) is 1.18. The molecule has 0 heterocycles. The van der Waals surface area contributed by atoms with Crippen LogP contribution in [0, 0.1) is 0 Å². The van der Waals surface area contributed by atoms with Crippen LogP contribution in [0.15, 0.2) is 54.6 Å². The molecule has 4 nitrogen and oxygen atoms in total. The molecule has 1 N–H and O–H groups in total. The molecule has 0 unspecified atom stereocenters. The fourth-order valence-corrected chi connectivity index (χ4v) is 2.70. The number of ether oxygens (including phenoxy) is 2. The minimum absolute atomic E-state index is 0.287. The zero-order valence-electron chi connectivity index (χ0n) is 15.4. The summed E-state index contributed by atoms with van der Waals surface area (Å²) < 4.78 is 11.0. The summed E-state index contributed by atoms with van der Waals surface area (Å²) in [4.78, 5) is 2.29. The van der Waals surface area contributed by atoms with Gasteiger partial charge in [0.15, 0.2) is 0 Å². The van der Waals surface area contributed by atoms with Crippen molar-refractivity contribution in [2.45, 2.75) is 39.0 Å². The molecule has 0 aliphatic rings. The number of hydrogen-bond acceptors (Lipinski definition) is 4. The van der Waals surface area contributed by atoms with Gasteiger partial charge in [0.05, 0.1) is 7.11 Å². The monoisotopic (exact) mass is 343 g/mol. The first-order chi connectivity index (χ1) is 12.1. The van der Waals surface area contributed by atoms with Crippen LogP contribution in [0.4, 0.5) is 0 Å². The van der Waals surface area contributed by atoms with Gasteiger partial charge in [-0.3, -0.25) is 4.90 Å². The summed E-state index contributed by atoms with van der Waals surface area (Å²) >= 11 is 0. The average molecular weight is 343 g/mol. The van der Waals surface area contributed by atoms with Crippen molar-refractivity contribution in [2.24, 2.45) is 0 Å². The van der Waals surface area contributed by atoms with E-state index in [1.807, 2.05) is 48.5 Å². The fourth-order valence-electron chi connectivity index (χ4n) is 2.70. The first-order valence-corrected chi connectivity index (χ1v) is 8.85. The number of benzene rings is 2. The number of rotatable bonds is 10. The van der Waals surface area contributed by atoms with E-state index in [-0.39, 0.29) is 6.61 Å². The van der Waals surface area contributed by atoms with Crippen molar-refractivity contribution in [3.05, 3.63) is 60.2 Å². The highest BCUT2D eigenvalue weighted by Gasteiger charge is 2.18. The van der Waals surface area contributed by atoms with Crippen molar-refractivity contribution in [1.29, 1.82) is 0 Å². The Kier molecular flexibility index (Phi) is 7.76. The second kappa shape index (κ2) is 10.1. The molecule has 0 saturated carbocycles. The van der Waals surface area contributed by atoms with Crippen LogP contribution in [-0.4, -0.2) is 42.4 Å². The first-order valence-electron chi connectivity index (χ1n) is 8.85. The Bertz CT molecular complexity index is 618. The van der Waals surface area contributed by atoms with Gasteiger partial charge in [-0.15, -0.1) is 0 Å². The lowest BCUT2D eigenvalue weighted by Crippen LogP contribution is -2.40. The van der Waals surface area contributed by atoms with Gasteiger partial charge in [0, 0.05) is 19.1 Å². The molecule has 2 rings (SSSR count). The third-order valence-corrected chi connectivity index (χ3v) is 4.36. The van der Waals surface area contributed by atoms with Crippen LogP contribution in [0.1, 0.15) is 25.8 Å². The van der Waals surface area contributed by atoms with Gasteiger partial charge in [0.1, 0.15) is 24.2 Å². The molecule has 4 heteroatoms. The largest absolute Gasteiger partial charge is 0.497 e. The molecule has 0 aliphatic heterocycles. The Hall–Kier alpha value is -2.04. The molecular weight excluding hydrogens is 314 g/mol. The Balaban J connectivity index is 1.94. The SMILES string of the molecule is CC[C@H](C)N(Cc1cccc(OC)c1)C[C@@H](O)COc1ccccc1. The summed E-state index contributed by atoms with van der Waals surface area (Å²) in [6.45, 7) is 5.98. The average Bonchev–Trinajstić information content (AvgIpc) is 2.66. The first kappa shape index (κ1) is 19.3. The minimum atomic E-state index is -0.542. The van der Waals surface area contributed by atoms with E-state index in [0.29, 0.717) is 12.6 Å². The lowest BCUT2D eigenvalue weighted by molar-refractivity contribution is 0.0506. The zero-order valence-corrected chi connectivity index (χ0v) is 15.4. The van der Waals surface area contributed by atoms with Crippen molar-refractivity contribution in [2.75, 3.05) is 20.3 Å². The van der Waals surface area contributed by atoms with Gasteiger partial charge in [0.25, 0.3) is 0 Å². The summed E-state index contributed by atoms with van der Waals surface area (Å²) in [6, 6.07) is 18.0. The van der Waals surface area contributed by atoms with E-state index >= 15 is 0 Å². The van der Waals surface area contributed by atoms with Crippen LogP contribution in [0.25, 0.3) is 0 Å². The van der Waals surface area contributed by atoms with E-state index < -0.39 is 6.10 Å². The predicted molar refractivity (Wildman–Crippen MR) is 101 cm³/mol. The lowest BCUT2D eigenvalue weighted by Gasteiger charge is -2.30. The molecular formula is C21H29NO3. The van der Waals surface area contributed by atoms with Crippen LogP contribution in [0.5, 0.6) is 11.5 Å². The molecule has 0 fully saturated rings. The van der Waals surface area contributed by atoms with Crippen LogP contribution >= 0.6 is 0 Å². The topological polar surface area (TPSA) is 41.9 Å². The van der Waals surface area contributed by atoms with E-state index in [4.69, 9.17) is 9.47 Å². The molecule has 0 aromatic heterocycles. The van der Waals surface area contributed by atoms with Crippen molar-refractivity contribution >= 4 is 0 Å². The standard InChI is InChI=1S/C21H29NO3/c1-4-17(2)22(14-18-9-8-12-21(13-18)24-3)15-19(23)16-25-20-10-6-5-7-11-20/h5-13,17,19,23H,4,14-16H2,1-3H3/t17-,19+/m0/s1. The smallest absolute Gasteiger partial charge is 0.119 e. The van der Waals surface area contributed by atoms with E-state index in [1.54, 1.807) is 7.11 Å². The predicted octanol–water partition coefficient (Wildman–Crippen LogP) is 3.74. The van der Waals surface area contributed by atoms with Crippen molar-refractivity contribution in [1.82, 2.24) is 4.90 Å². The molecule has 0 amide bonds. The molecule has 25 heavy (non-hydrogen) atoms. The summed E-state index contributed by atoms with van der Waals surface area (Å²) in [5.74, 6) is 1.64. The van der Waals surface area contributed by atoms with Crippen LogP contribution in [-0.2, 0) is 6.54 Å². The number of aliphatic hydroxyl groups excluding tert-OH is 1. The summed E-state index contributed by atoms with van der Waals surface area (Å²) in [6.07, 6.45) is 0.482. The number of nitrogens with zero attached hydrogens (tertiary/aromatic N) is 1. The van der Waals surface area contributed by atoms with E-state index in [9.17, 15) is 5.11 Å². The maximum atomic E-state index is 10.4. The molecule has 0 radical (unpaired) electrons. The normalized spacial score (nSPS) is 13.5. The second-order valence-corrected chi connectivity index (χ2v) is 6.32. The van der Waals surface area contributed by atoms with E-state index in [1.165, 1.54) is 5.56 Å². The lowest BCUT2D eigenvalue weighted by atomic mass is 10.1. The number of methoxy groups -OCH3 is 1. The minimum Gasteiger partial charge on any atom is -0.497 e. The van der Waals surface area contributed by atoms with Gasteiger partial charge in [-0.2, -0.15) is 0 Å². The van der Waals surface area contributed by atoms with Crippen LogP contribution < -0.4 is 9.47 Å². The molecule has 2 aromatic rings. The van der Waals surface area contributed by atoms with Crippen LogP contribution in [0.3, 0.4) is 0 Å². The summed E-state index contributed by atoms with van der Waals surface area (Å²) in [7, 11) is 1.68. The molecule has 2 atom stereocenters. The van der Waals surface area contributed by atoms with E-state index in [0.717, 1.165) is 24.5 Å². The van der Waals surface area contributed by atoms with Gasteiger partial charge in [-0.1, -0.05) is 37.3 Å². The highest BCUT2D eigenvalue weighted by Crippen LogP contribution is 2.17. The Morgan fingerprint density at radius 1 is 1.04 bits per heavy atom. The fraction of sp³-hybridized carbons (Fsp3) is 0.429. The van der Waals surface area contributed by atoms with Gasteiger partial charge >= 0.3 is 0 Å². The molecule has 0 bridgehead atoms. The number of aliphatic hydroxyl groups is 1. The third-order valence-electron chi connectivity index (χ3n) is 4.36. The van der Waals surface area contributed by atoms with Crippen molar-refractivity contribution in [3.8, 4) is 11.5 Å². The Morgan fingerprint density at radius 2 is 1.76 bits per heavy atom. The highest BCUT2D eigenvalue weighted by molar-refractivity contribution is 5.28. The quantitative estimate of drug-likeness (QED) is 0.714. The highest BCUT2D eigenvalue weighted by atomic mass is 16.5. The van der Waals surface area contributed by atoms with Crippen molar-refractivity contribution < 1.29 is 14.6 Å². The third kappa shape index (κ3) is 6.40. The summed E-state index contributed by atoms with van der Waals surface area (Å²) in [5, 5.41) is 10.4. The van der Waals surface area contributed by atoms with Gasteiger partial charge in [-0.05, 0) is 43.2 Å². The molecule has 0 aliphatic carbocycles. The Morgan fingerprint density at radius 3 is 2.44 bits per heavy atom. The maximum Gasteiger partial charge on any atom is 0.119 e. The van der Waals surface area contributed by atoms with Gasteiger partial charge in [0.2, 0.25) is 0 Å². The van der Waals surface area contributed by atoms with Crippen molar-refractivity contribution in [3.63, 3.8) is 0 Å². The van der Waals surface area contributed by atoms with E-state index in [2.05, 4.69) is 24.8 Å². The number of para-hydroxylation sites is 1. The zero-order chi connectivity index (χ0) is 18.1.